The fourth-order valence-electron chi connectivity index (χ4n) is 2.85. The molecule has 2 nitrogen and oxygen atoms in total. The highest BCUT2D eigenvalue weighted by molar-refractivity contribution is 5.85. The molecule has 2 fully saturated rings. The third-order valence-corrected chi connectivity index (χ3v) is 3.94. The van der Waals surface area contributed by atoms with Gasteiger partial charge in [-0.1, -0.05) is 0 Å². The molecule has 4 heteroatoms. The number of rotatable bonds is 3. The first-order chi connectivity index (χ1) is 6.84. The van der Waals surface area contributed by atoms with E-state index in [0.717, 1.165) is 5.92 Å². The molecule has 0 unspecified atom stereocenters. The summed E-state index contributed by atoms with van der Waals surface area (Å²) in [4.78, 5) is 2.63. The van der Waals surface area contributed by atoms with E-state index in [1.807, 2.05) is 0 Å². The minimum Gasteiger partial charge on any atom is -0.328 e. The van der Waals surface area contributed by atoms with Crippen molar-refractivity contribution in [2.75, 3.05) is 19.6 Å². The zero-order valence-electron chi connectivity index (χ0n) is 10.1. The Hall–Kier alpha value is 0.500. The Morgan fingerprint density at radius 2 is 1.50 bits per heavy atom. The molecule has 1 aliphatic heterocycles. The standard InChI is InChI=1S/C12H24N2.2ClH/c13-12-5-3-11(4-6-12)7-10-14-8-1-2-9-14;;/h11-12H,1-10,13H2;2*1H/t11-,12-;;. The fraction of sp³-hybridized carbons (Fsp3) is 1.00. The average molecular weight is 269 g/mol. The fourth-order valence-corrected chi connectivity index (χ4v) is 2.85. The summed E-state index contributed by atoms with van der Waals surface area (Å²) in [6.07, 6.45) is 9.58. The van der Waals surface area contributed by atoms with Crippen LogP contribution in [0.25, 0.3) is 0 Å². The molecule has 0 bridgehead atoms. The van der Waals surface area contributed by atoms with E-state index in [1.165, 1.54) is 64.6 Å². The predicted octanol–water partition coefficient (Wildman–Crippen LogP) is 2.83. The van der Waals surface area contributed by atoms with Gasteiger partial charge in [0.25, 0.3) is 0 Å². The normalized spacial score (nSPS) is 30.6. The van der Waals surface area contributed by atoms with Gasteiger partial charge in [0.1, 0.15) is 0 Å². The van der Waals surface area contributed by atoms with Crippen LogP contribution in [0.1, 0.15) is 44.9 Å². The van der Waals surface area contributed by atoms with Gasteiger partial charge in [0, 0.05) is 6.04 Å². The average Bonchev–Trinajstić information content (AvgIpc) is 2.70. The number of nitrogens with two attached hydrogens (primary N) is 1. The van der Waals surface area contributed by atoms with Crippen LogP contribution in [0.4, 0.5) is 0 Å². The summed E-state index contributed by atoms with van der Waals surface area (Å²) < 4.78 is 0. The van der Waals surface area contributed by atoms with Crippen molar-refractivity contribution in [3.05, 3.63) is 0 Å². The first kappa shape index (κ1) is 16.5. The van der Waals surface area contributed by atoms with Crippen LogP contribution in [0.15, 0.2) is 0 Å². The summed E-state index contributed by atoms with van der Waals surface area (Å²) in [6.45, 7) is 4.05. The van der Waals surface area contributed by atoms with E-state index < -0.39 is 0 Å². The number of nitrogens with zero attached hydrogens (tertiary/aromatic N) is 1. The van der Waals surface area contributed by atoms with E-state index in [9.17, 15) is 0 Å². The molecular formula is C12H26Cl2N2. The molecule has 0 amide bonds. The van der Waals surface area contributed by atoms with Crippen LogP contribution in [0.2, 0.25) is 0 Å². The van der Waals surface area contributed by atoms with Crippen LogP contribution in [0, 0.1) is 5.92 Å². The molecule has 0 spiro atoms. The van der Waals surface area contributed by atoms with E-state index >= 15 is 0 Å². The van der Waals surface area contributed by atoms with Crippen molar-refractivity contribution >= 4 is 24.8 Å². The summed E-state index contributed by atoms with van der Waals surface area (Å²) in [5.41, 5.74) is 5.90. The first-order valence-corrected chi connectivity index (χ1v) is 6.32. The Morgan fingerprint density at radius 1 is 0.938 bits per heavy atom. The lowest BCUT2D eigenvalue weighted by Crippen LogP contribution is -2.29. The van der Waals surface area contributed by atoms with Crippen molar-refractivity contribution in [1.82, 2.24) is 4.90 Å². The first-order valence-electron chi connectivity index (χ1n) is 6.32. The molecule has 16 heavy (non-hydrogen) atoms. The van der Waals surface area contributed by atoms with Crippen LogP contribution in [0.3, 0.4) is 0 Å². The number of likely N-dealkylation sites (tertiary alicyclic amines) is 1. The van der Waals surface area contributed by atoms with Crippen molar-refractivity contribution in [1.29, 1.82) is 0 Å². The van der Waals surface area contributed by atoms with E-state index in [2.05, 4.69) is 4.90 Å². The lowest BCUT2D eigenvalue weighted by atomic mass is 9.84. The number of hydrogen-bond donors (Lipinski definition) is 1. The van der Waals surface area contributed by atoms with Crippen molar-refractivity contribution in [3.63, 3.8) is 0 Å². The highest BCUT2D eigenvalue weighted by Crippen LogP contribution is 2.26. The molecule has 1 aliphatic carbocycles. The maximum atomic E-state index is 5.90. The van der Waals surface area contributed by atoms with Gasteiger partial charge >= 0.3 is 0 Å². The zero-order chi connectivity index (χ0) is 9.80. The Morgan fingerprint density at radius 3 is 2.06 bits per heavy atom. The molecule has 0 aromatic rings. The topological polar surface area (TPSA) is 29.3 Å². The second kappa shape index (κ2) is 8.57. The van der Waals surface area contributed by atoms with Crippen molar-refractivity contribution in [2.24, 2.45) is 11.7 Å². The minimum absolute atomic E-state index is 0. The van der Waals surface area contributed by atoms with Gasteiger partial charge in [-0.05, 0) is 70.5 Å². The molecule has 1 heterocycles. The highest BCUT2D eigenvalue weighted by Gasteiger charge is 2.19. The van der Waals surface area contributed by atoms with Gasteiger partial charge in [-0.15, -0.1) is 24.8 Å². The summed E-state index contributed by atoms with van der Waals surface area (Å²) in [6, 6.07) is 0.512. The smallest absolute Gasteiger partial charge is 0.00390 e. The molecule has 2 rings (SSSR count). The van der Waals surface area contributed by atoms with Crippen LogP contribution in [0.5, 0.6) is 0 Å². The molecule has 0 aromatic carbocycles. The molecule has 98 valence electrons. The number of hydrogen-bond acceptors (Lipinski definition) is 2. The lowest BCUT2D eigenvalue weighted by Gasteiger charge is -2.27. The van der Waals surface area contributed by atoms with Gasteiger partial charge in [0.15, 0.2) is 0 Å². The molecule has 1 saturated heterocycles. The molecule has 2 N–H and O–H groups in total. The SMILES string of the molecule is Cl.Cl.N[C@H]1CC[C@H](CCN2CCCC2)CC1. The van der Waals surface area contributed by atoms with Gasteiger partial charge in [-0.2, -0.15) is 0 Å². The van der Waals surface area contributed by atoms with Gasteiger partial charge < -0.3 is 10.6 Å². The monoisotopic (exact) mass is 268 g/mol. The third kappa shape index (κ3) is 5.22. The van der Waals surface area contributed by atoms with Gasteiger partial charge in [-0.25, -0.2) is 0 Å². The number of halogens is 2. The Balaban J connectivity index is 0.00000112. The molecule has 0 aromatic heterocycles. The summed E-state index contributed by atoms with van der Waals surface area (Å²) >= 11 is 0. The Kier molecular flexibility index (Phi) is 8.84. The zero-order valence-corrected chi connectivity index (χ0v) is 11.7. The largest absolute Gasteiger partial charge is 0.328 e. The van der Waals surface area contributed by atoms with Crippen LogP contribution >= 0.6 is 24.8 Å². The van der Waals surface area contributed by atoms with Crippen molar-refractivity contribution in [3.8, 4) is 0 Å². The van der Waals surface area contributed by atoms with E-state index in [4.69, 9.17) is 5.73 Å². The summed E-state index contributed by atoms with van der Waals surface area (Å²) in [5, 5.41) is 0. The van der Waals surface area contributed by atoms with Crippen LogP contribution < -0.4 is 5.73 Å². The highest BCUT2D eigenvalue weighted by atomic mass is 35.5. The minimum atomic E-state index is 0. The Labute approximate surface area is 112 Å². The molecule has 2 aliphatic rings. The van der Waals surface area contributed by atoms with E-state index in [0.29, 0.717) is 6.04 Å². The van der Waals surface area contributed by atoms with Crippen molar-refractivity contribution in [2.45, 2.75) is 51.0 Å². The third-order valence-electron chi connectivity index (χ3n) is 3.94. The molecule has 0 atom stereocenters. The van der Waals surface area contributed by atoms with Crippen molar-refractivity contribution < 1.29 is 0 Å². The second-order valence-corrected chi connectivity index (χ2v) is 5.12. The van der Waals surface area contributed by atoms with Gasteiger partial charge in [0.05, 0.1) is 0 Å². The van der Waals surface area contributed by atoms with Crippen LogP contribution in [-0.2, 0) is 0 Å². The van der Waals surface area contributed by atoms with Gasteiger partial charge in [0.2, 0.25) is 0 Å². The maximum Gasteiger partial charge on any atom is 0.00390 e. The van der Waals surface area contributed by atoms with Gasteiger partial charge in [-0.3, -0.25) is 0 Å². The molecular weight excluding hydrogens is 243 g/mol. The lowest BCUT2D eigenvalue weighted by molar-refractivity contribution is 0.255. The quantitative estimate of drug-likeness (QED) is 0.853. The second-order valence-electron chi connectivity index (χ2n) is 5.12. The summed E-state index contributed by atoms with van der Waals surface area (Å²) in [5.74, 6) is 0.982. The van der Waals surface area contributed by atoms with Crippen LogP contribution in [-0.4, -0.2) is 30.6 Å². The maximum absolute atomic E-state index is 5.90. The van der Waals surface area contributed by atoms with E-state index in [-0.39, 0.29) is 24.8 Å². The molecule has 1 saturated carbocycles. The Bertz CT molecular complexity index is 164. The molecule has 0 radical (unpaired) electrons. The summed E-state index contributed by atoms with van der Waals surface area (Å²) in [7, 11) is 0. The van der Waals surface area contributed by atoms with E-state index in [1.54, 1.807) is 0 Å². The predicted molar refractivity (Wildman–Crippen MR) is 74.7 cm³/mol.